The van der Waals surface area contributed by atoms with Crippen molar-refractivity contribution in [2.24, 2.45) is 10.1 Å². The Morgan fingerprint density at radius 3 is 2.30 bits per heavy atom. The molecule has 3 aromatic rings. The van der Waals surface area contributed by atoms with Gasteiger partial charge < -0.3 is 9.47 Å². The molecule has 1 aromatic carbocycles. The van der Waals surface area contributed by atoms with Crippen molar-refractivity contribution in [2.45, 2.75) is 85.3 Å². The fraction of sp³-hybridized carbons (Fsp3) is 0.483. The van der Waals surface area contributed by atoms with Crippen LogP contribution in [0.4, 0.5) is 5.00 Å². The third-order valence-corrected chi connectivity index (χ3v) is 7.49. The lowest BCUT2D eigenvalue weighted by Crippen LogP contribution is -2.54. The first-order valence-corrected chi connectivity index (χ1v) is 13.9. The first kappa shape index (κ1) is 31.0. The molecular formula is C29H39N5O5S. The first-order chi connectivity index (χ1) is 18.6. The third kappa shape index (κ3) is 6.26. The van der Waals surface area contributed by atoms with E-state index in [1.54, 1.807) is 34.7 Å². The molecule has 11 heteroatoms. The number of rotatable bonds is 10. The number of esters is 1. The molecule has 0 radical (unpaired) electrons. The number of aromatic nitrogens is 2. The summed E-state index contributed by atoms with van der Waals surface area (Å²) in [6.45, 7) is 17.6. The average Bonchev–Trinajstić information content (AvgIpc) is 3.20. The fourth-order valence-electron chi connectivity index (χ4n) is 4.35. The van der Waals surface area contributed by atoms with Crippen molar-refractivity contribution in [2.75, 3.05) is 12.1 Å². The summed E-state index contributed by atoms with van der Waals surface area (Å²) in [5, 5.41) is 6.35. The van der Waals surface area contributed by atoms with Gasteiger partial charge >= 0.3 is 11.7 Å². The molecule has 2 aromatic heterocycles. The van der Waals surface area contributed by atoms with Crippen molar-refractivity contribution in [1.82, 2.24) is 9.13 Å². The van der Waals surface area contributed by atoms with Gasteiger partial charge in [0.05, 0.1) is 18.0 Å². The Morgan fingerprint density at radius 2 is 1.77 bits per heavy atom. The smallest absolute Gasteiger partial charge is 0.333 e. The van der Waals surface area contributed by atoms with Crippen LogP contribution in [-0.4, -0.2) is 46.9 Å². The molecule has 0 aliphatic heterocycles. The molecule has 3 rings (SSSR count). The van der Waals surface area contributed by atoms with Crippen LogP contribution < -0.4 is 16.3 Å². The van der Waals surface area contributed by atoms with Crippen molar-refractivity contribution in [3.05, 3.63) is 62.3 Å². The van der Waals surface area contributed by atoms with E-state index in [0.29, 0.717) is 20.8 Å². The van der Waals surface area contributed by atoms with Gasteiger partial charge in [0.15, 0.2) is 0 Å². The number of hydrogen-bond acceptors (Lipinski definition) is 8. The second kappa shape index (κ2) is 11.9. The summed E-state index contributed by atoms with van der Waals surface area (Å²) >= 11 is 1.22. The molecule has 0 saturated carbocycles. The Labute approximate surface area is 238 Å². The average molecular weight is 570 g/mol. The summed E-state index contributed by atoms with van der Waals surface area (Å²) in [5.41, 5.74) is -2.19. The number of aryl methyl sites for hydroxylation is 1. The van der Waals surface area contributed by atoms with E-state index in [4.69, 9.17) is 9.47 Å². The SMILES string of the molecule is C=NN(/C=N\C)c1sc2c(c1C)c(=O)n(C(C)(C)C(=O)OC(C)(C)C)c(=O)n2C[C@H](OC(C)C)c1ccccc1. The fourth-order valence-corrected chi connectivity index (χ4v) is 5.60. The molecule has 0 bridgehead atoms. The summed E-state index contributed by atoms with van der Waals surface area (Å²) in [7, 11) is 1.60. The van der Waals surface area contributed by atoms with E-state index in [0.717, 1.165) is 10.1 Å². The number of ether oxygens (including phenoxy) is 2. The zero-order valence-electron chi connectivity index (χ0n) is 24.7. The highest BCUT2D eigenvalue weighted by molar-refractivity contribution is 7.22. The number of carbonyl (C=O) groups is 1. The van der Waals surface area contributed by atoms with Crippen molar-refractivity contribution >= 4 is 45.6 Å². The predicted octanol–water partition coefficient (Wildman–Crippen LogP) is 4.86. The number of thiophene rings is 1. The van der Waals surface area contributed by atoms with Crippen LogP contribution in [0.3, 0.4) is 0 Å². The van der Waals surface area contributed by atoms with Gasteiger partial charge in [-0.3, -0.25) is 14.4 Å². The van der Waals surface area contributed by atoms with Gasteiger partial charge in [-0.05, 0) is 61.0 Å². The number of fused-ring (bicyclic) bond motifs is 1. The van der Waals surface area contributed by atoms with E-state index in [1.165, 1.54) is 41.1 Å². The lowest BCUT2D eigenvalue weighted by Gasteiger charge is -2.30. The van der Waals surface area contributed by atoms with Crippen molar-refractivity contribution in [3.63, 3.8) is 0 Å². The minimum absolute atomic E-state index is 0.102. The Bertz CT molecular complexity index is 1530. The molecule has 0 unspecified atom stereocenters. The van der Waals surface area contributed by atoms with Crippen LogP contribution in [0.2, 0.25) is 0 Å². The summed E-state index contributed by atoms with van der Waals surface area (Å²) in [6.07, 6.45) is 0.835. The van der Waals surface area contributed by atoms with Gasteiger partial charge in [0, 0.05) is 19.3 Å². The second-order valence-corrected chi connectivity index (χ2v) is 12.2. The highest BCUT2D eigenvalue weighted by Crippen LogP contribution is 2.36. The molecule has 0 spiro atoms. The molecule has 0 aliphatic carbocycles. The van der Waals surface area contributed by atoms with Gasteiger partial charge in [0.25, 0.3) is 5.56 Å². The molecule has 0 saturated heterocycles. The molecule has 0 amide bonds. The molecule has 0 fully saturated rings. The third-order valence-electron chi connectivity index (χ3n) is 6.19. The molecule has 2 heterocycles. The van der Waals surface area contributed by atoms with Gasteiger partial charge in [-0.1, -0.05) is 41.7 Å². The van der Waals surface area contributed by atoms with Gasteiger partial charge in [0.2, 0.25) is 0 Å². The largest absolute Gasteiger partial charge is 0.458 e. The molecule has 40 heavy (non-hydrogen) atoms. The minimum atomic E-state index is -1.60. The lowest BCUT2D eigenvalue weighted by atomic mass is 10.0. The number of anilines is 1. The normalized spacial score (nSPS) is 13.2. The predicted molar refractivity (Wildman–Crippen MR) is 162 cm³/mol. The van der Waals surface area contributed by atoms with Crippen LogP contribution in [0.25, 0.3) is 10.2 Å². The number of nitrogens with zero attached hydrogens (tertiary/aromatic N) is 5. The van der Waals surface area contributed by atoms with Crippen molar-refractivity contribution in [1.29, 1.82) is 0 Å². The molecule has 10 nitrogen and oxygen atoms in total. The molecule has 1 atom stereocenters. The quantitative estimate of drug-likeness (QED) is 0.149. The molecular weight excluding hydrogens is 530 g/mol. The van der Waals surface area contributed by atoms with Crippen molar-refractivity contribution < 1.29 is 14.3 Å². The second-order valence-electron chi connectivity index (χ2n) is 11.3. The van der Waals surface area contributed by atoms with E-state index in [2.05, 4.69) is 16.8 Å². The van der Waals surface area contributed by atoms with E-state index in [9.17, 15) is 14.4 Å². The van der Waals surface area contributed by atoms with Gasteiger partial charge in [-0.2, -0.15) is 5.10 Å². The van der Waals surface area contributed by atoms with Crippen LogP contribution in [0.1, 0.15) is 65.7 Å². The highest BCUT2D eigenvalue weighted by Gasteiger charge is 2.39. The minimum Gasteiger partial charge on any atom is -0.458 e. The van der Waals surface area contributed by atoms with E-state index < -0.39 is 34.5 Å². The highest BCUT2D eigenvalue weighted by atomic mass is 32.1. The molecule has 0 N–H and O–H groups in total. The maximum atomic E-state index is 14.3. The van der Waals surface area contributed by atoms with Crippen LogP contribution in [-0.2, 0) is 26.4 Å². The number of carbonyl (C=O) groups excluding carboxylic acids is 1. The molecule has 216 valence electrons. The number of hydrazone groups is 1. The van der Waals surface area contributed by atoms with Gasteiger partial charge in [-0.15, -0.1) is 0 Å². The monoisotopic (exact) mass is 569 g/mol. The lowest BCUT2D eigenvalue weighted by molar-refractivity contribution is -0.164. The zero-order chi connectivity index (χ0) is 30.0. The van der Waals surface area contributed by atoms with Crippen LogP contribution >= 0.6 is 11.3 Å². The van der Waals surface area contributed by atoms with Crippen molar-refractivity contribution in [3.8, 4) is 0 Å². The number of benzene rings is 1. The Morgan fingerprint density at radius 1 is 1.15 bits per heavy atom. The molecule has 0 aliphatic rings. The maximum absolute atomic E-state index is 14.3. The van der Waals surface area contributed by atoms with Gasteiger partial charge in [-0.25, -0.2) is 19.2 Å². The van der Waals surface area contributed by atoms with Crippen LogP contribution in [0, 0.1) is 6.92 Å². The standard InChI is InChI=1S/C29H39N5O5S/c1-18(2)38-21(20-14-12-11-13-15-20)16-32-25-22(19(3)24(40-25)33(31-10)17-30-9)23(35)34(27(32)37)29(7,8)26(36)39-28(4,5)6/h11-15,17-18,21H,10,16H2,1-9H3/b30-17-/t21-/m0/s1. The number of hydrogen-bond donors (Lipinski definition) is 0. The van der Waals surface area contributed by atoms with E-state index in [1.807, 2.05) is 44.2 Å². The Kier molecular flexibility index (Phi) is 9.21. The Balaban J connectivity index is 2.41. The summed E-state index contributed by atoms with van der Waals surface area (Å²) in [5.74, 6) is -0.691. The first-order valence-electron chi connectivity index (χ1n) is 13.1. The Hall–Kier alpha value is -3.57. The van der Waals surface area contributed by atoms with Gasteiger partial charge in [0.1, 0.15) is 33.4 Å². The van der Waals surface area contributed by atoms with Crippen LogP contribution in [0.15, 0.2) is 50.0 Å². The summed E-state index contributed by atoms with van der Waals surface area (Å²) in [4.78, 5) is 46.1. The van der Waals surface area contributed by atoms with E-state index in [-0.39, 0.29) is 12.6 Å². The number of aliphatic imine (C=N–C) groups is 1. The summed E-state index contributed by atoms with van der Waals surface area (Å²) in [6, 6.07) is 9.58. The van der Waals surface area contributed by atoms with Crippen LogP contribution in [0.5, 0.6) is 0 Å². The van der Waals surface area contributed by atoms with E-state index >= 15 is 0 Å². The summed E-state index contributed by atoms with van der Waals surface area (Å²) < 4.78 is 14.4. The topological polar surface area (TPSA) is 107 Å². The zero-order valence-corrected chi connectivity index (χ0v) is 25.5. The maximum Gasteiger partial charge on any atom is 0.333 e.